The normalized spacial score (nSPS) is 11.1. The SMILES string of the molecule is CCCSc1ncc(CNC(C)C)cc1C. The minimum atomic E-state index is 0.523. The summed E-state index contributed by atoms with van der Waals surface area (Å²) in [6.07, 6.45) is 3.18. The van der Waals surface area contributed by atoms with Gasteiger partial charge in [0.05, 0.1) is 5.03 Å². The average molecular weight is 238 g/mol. The van der Waals surface area contributed by atoms with Crippen molar-refractivity contribution >= 4 is 11.8 Å². The van der Waals surface area contributed by atoms with Crippen molar-refractivity contribution in [1.82, 2.24) is 10.3 Å². The van der Waals surface area contributed by atoms with Crippen molar-refractivity contribution in [2.24, 2.45) is 0 Å². The number of pyridine rings is 1. The predicted molar refractivity (Wildman–Crippen MR) is 72.0 cm³/mol. The summed E-state index contributed by atoms with van der Waals surface area (Å²) in [4.78, 5) is 4.52. The van der Waals surface area contributed by atoms with E-state index in [0.29, 0.717) is 6.04 Å². The highest BCUT2D eigenvalue weighted by Crippen LogP contribution is 2.20. The van der Waals surface area contributed by atoms with Crippen LogP contribution in [-0.4, -0.2) is 16.8 Å². The van der Waals surface area contributed by atoms with E-state index in [0.717, 1.165) is 12.3 Å². The van der Waals surface area contributed by atoms with Crippen LogP contribution in [0.15, 0.2) is 17.3 Å². The Hall–Kier alpha value is -0.540. The number of rotatable bonds is 6. The maximum atomic E-state index is 4.52. The number of aromatic nitrogens is 1. The molecule has 0 aromatic carbocycles. The Balaban J connectivity index is 2.59. The average Bonchev–Trinajstić information content (AvgIpc) is 2.25. The molecule has 0 aliphatic carbocycles. The van der Waals surface area contributed by atoms with Crippen molar-refractivity contribution in [3.63, 3.8) is 0 Å². The van der Waals surface area contributed by atoms with E-state index in [9.17, 15) is 0 Å². The molecule has 1 aromatic heterocycles. The Morgan fingerprint density at radius 3 is 2.75 bits per heavy atom. The van der Waals surface area contributed by atoms with Gasteiger partial charge in [-0.05, 0) is 30.2 Å². The molecule has 0 amide bonds. The van der Waals surface area contributed by atoms with E-state index in [4.69, 9.17) is 0 Å². The summed E-state index contributed by atoms with van der Waals surface area (Å²) in [6, 6.07) is 2.76. The van der Waals surface area contributed by atoms with Gasteiger partial charge in [-0.15, -0.1) is 11.8 Å². The van der Waals surface area contributed by atoms with Crippen molar-refractivity contribution in [3.05, 3.63) is 23.4 Å². The Kier molecular flexibility index (Phi) is 5.85. The lowest BCUT2D eigenvalue weighted by Gasteiger charge is -2.10. The summed E-state index contributed by atoms with van der Waals surface area (Å²) in [5, 5.41) is 4.58. The second-order valence-corrected chi connectivity index (χ2v) is 5.43. The largest absolute Gasteiger partial charge is 0.310 e. The number of hydrogen-bond acceptors (Lipinski definition) is 3. The minimum absolute atomic E-state index is 0.523. The van der Waals surface area contributed by atoms with Crippen molar-refractivity contribution in [3.8, 4) is 0 Å². The third-order valence-electron chi connectivity index (χ3n) is 2.24. The number of hydrogen-bond donors (Lipinski definition) is 1. The highest BCUT2D eigenvalue weighted by atomic mass is 32.2. The smallest absolute Gasteiger partial charge is 0.0989 e. The van der Waals surface area contributed by atoms with E-state index in [1.165, 1.54) is 22.6 Å². The fraction of sp³-hybridized carbons (Fsp3) is 0.615. The molecule has 0 radical (unpaired) electrons. The molecule has 0 fully saturated rings. The number of aryl methyl sites for hydroxylation is 1. The molecule has 0 bridgehead atoms. The fourth-order valence-corrected chi connectivity index (χ4v) is 2.20. The molecule has 0 unspecified atom stereocenters. The topological polar surface area (TPSA) is 24.9 Å². The van der Waals surface area contributed by atoms with E-state index >= 15 is 0 Å². The van der Waals surface area contributed by atoms with Gasteiger partial charge < -0.3 is 5.32 Å². The standard InChI is InChI=1S/C13H22N2S/c1-5-6-16-13-11(4)7-12(9-15-13)8-14-10(2)3/h7,9-10,14H,5-6,8H2,1-4H3. The zero-order chi connectivity index (χ0) is 12.0. The highest BCUT2D eigenvalue weighted by molar-refractivity contribution is 7.99. The quantitative estimate of drug-likeness (QED) is 0.769. The van der Waals surface area contributed by atoms with Gasteiger partial charge in [-0.3, -0.25) is 0 Å². The molecule has 0 spiro atoms. The van der Waals surface area contributed by atoms with Gasteiger partial charge in [-0.1, -0.05) is 26.8 Å². The van der Waals surface area contributed by atoms with Crippen LogP contribution in [0.2, 0.25) is 0 Å². The lowest BCUT2D eigenvalue weighted by atomic mass is 10.2. The minimum Gasteiger partial charge on any atom is -0.310 e. The fourth-order valence-electron chi connectivity index (χ4n) is 1.39. The van der Waals surface area contributed by atoms with Gasteiger partial charge in [-0.2, -0.15) is 0 Å². The summed E-state index contributed by atoms with van der Waals surface area (Å²) in [7, 11) is 0. The van der Waals surface area contributed by atoms with Crippen LogP contribution in [-0.2, 0) is 6.54 Å². The number of thioether (sulfide) groups is 1. The first-order valence-corrected chi connectivity index (χ1v) is 6.93. The van der Waals surface area contributed by atoms with Crippen LogP contribution in [0.3, 0.4) is 0 Å². The van der Waals surface area contributed by atoms with Crippen LogP contribution >= 0.6 is 11.8 Å². The first kappa shape index (κ1) is 13.5. The molecule has 1 rings (SSSR count). The molecule has 0 atom stereocenters. The molecule has 1 aromatic rings. The van der Waals surface area contributed by atoms with Gasteiger partial charge in [-0.25, -0.2) is 4.98 Å². The zero-order valence-corrected chi connectivity index (χ0v) is 11.5. The van der Waals surface area contributed by atoms with E-state index in [2.05, 4.69) is 44.1 Å². The second kappa shape index (κ2) is 6.92. The molecular weight excluding hydrogens is 216 g/mol. The molecule has 0 saturated carbocycles. The van der Waals surface area contributed by atoms with Crippen molar-refractivity contribution < 1.29 is 0 Å². The summed E-state index contributed by atoms with van der Waals surface area (Å²) in [5.74, 6) is 1.15. The molecule has 3 heteroatoms. The number of nitrogens with zero attached hydrogens (tertiary/aromatic N) is 1. The Morgan fingerprint density at radius 2 is 2.19 bits per heavy atom. The van der Waals surface area contributed by atoms with Gasteiger partial charge in [0.1, 0.15) is 0 Å². The maximum Gasteiger partial charge on any atom is 0.0989 e. The molecule has 0 aliphatic rings. The zero-order valence-electron chi connectivity index (χ0n) is 10.7. The van der Waals surface area contributed by atoms with E-state index in [1.54, 1.807) is 0 Å². The van der Waals surface area contributed by atoms with E-state index in [1.807, 2.05) is 18.0 Å². The van der Waals surface area contributed by atoms with Gasteiger partial charge in [0.15, 0.2) is 0 Å². The first-order chi connectivity index (χ1) is 7.63. The summed E-state index contributed by atoms with van der Waals surface area (Å²) >= 11 is 1.85. The third kappa shape index (κ3) is 4.54. The van der Waals surface area contributed by atoms with Gasteiger partial charge in [0.2, 0.25) is 0 Å². The predicted octanol–water partition coefficient (Wildman–Crippen LogP) is 3.39. The number of nitrogens with one attached hydrogen (secondary N) is 1. The van der Waals surface area contributed by atoms with E-state index in [-0.39, 0.29) is 0 Å². The van der Waals surface area contributed by atoms with Gasteiger partial charge in [0.25, 0.3) is 0 Å². The van der Waals surface area contributed by atoms with Gasteiger partial charge >= 0.3 is 0 Å². The molecular formula is C13H22N2S. The van der Waals surface area contributed by atoms with Crippen molar-refractivity contribution in [1.29, 1.82) is 0 Å². The third-order valence-corrected chi connectivity index (χ3v) is 3.56. The maximum absolute atomic E-state index is 4.52. The molecule has 16 heavy (non-hydrogen) atoms. The van der Waals surface area contributed by atoms with Gasteiger partial charge in [0, 0.05) is 18.8 Å². The molecule has 2 nitrogen and oxygen atoms in total. The molecule has 1 N–H and O–H groups in total. The van der Waals surface area contributed by atoms with Crippen molar-refractivity contribution in [2.75, 3.05) is 5.75 Å². The van der Waals surface area contributed by atoms with E-state index < -0.39 is 0 Å². The lowest BCUT2D eigenvalue weighted by Crippen LogP contribution is -2.21. The Bertz CT molecular complexity index is 324. The van der Waals surface area contributed by atoms with Crippen LogP contribution in [0.4, 0.5) is 0 Å². The second-order valence-electron chi connectivity index (χ2n) is 4.35. The van der Waals surface area contributed by atoms with Crippen LogP contribution in [0, 0.1) is 6.92 Å². The molecule has 0 aliphatic heterocycles. The Morgan fingerprint density at radius 1 is 1.44 bits per heavy atom. The summed E-state index contributed by atoms with van der Waals surface area (Å²) in [5.41, 5.74) is 2.56. The molecule has 0 saturated heterocycles. The van der Waals surface area contributed by atoms with Crippen LogP contribution in [0.1, 0.15) is 38.3 Å². The summed E-state index contributed by atoms with van der Waals surface area (Å²) in [6.45, 7) is 9.56. The summed E-state index contributed by atoms with van der Waals surface area (Å²) < 4.78 is 0. The van der Waals surface area contributed by atoms with Crippen molar-refractivity contribution in [2.45, 2.75) is 51.7 Å². The molecule has 90 valence electrons. The van der Waals surface area contributed by atoms with Crippen LogP contribution in [0.25, 0.3) is 0 Å². The van der Waals surface area contributed by atoms with Crippen LogP contribution < -0.4 is 5.32 Å². The monoisotopic (exact) mass is 238 g/mol. The lowest BCUT2D eigenvalue weighted by molar-refractivity contribution is 0.587. The molecule has 1 heterocycles. The van der Waals surface area contributed by atoms with Crippen LogP contribution in [0.5, 0.6) is 0 Å². The highest BCUT2D eigenvalue weighted by Gasteiger charge is 2.02. The Labute approximate surface area is 103 Å². The first-order valence-electron chi connectivity index (χ1n) is 5.95.